The normalized spacial score (nSPS) is 23.2. The number of ether oxygens (including phenoxy) is 1. The fourth-order valence-electron chi connectivity index (χ4n) is 1.56. The second-order valence-corrected chi connectivity index (χ2v) is 3.63. The molecule has 1 aliphatic rings. The third kappa shape index (κ3) is 2.46. The van der Waals surface area contributed by atoms with Gasteiger partial charge in [-0.3, -0.25) is 0 Å². The Balaban J connectivity index is 2.18. The zero-order chi connectivity index (χ0) is 8.32. The summed E-state index contributed by atoms with van der Waals surface area (Å²) in [5, 5.41) is 9.02. The first-order valence-corrected chi connectivity index (χ1v) is 4.45. The molecule has 0 bridgehead atoms. The van der Waals surface area contributed by atoms with Gasteiger partial charge in [0.1, 0.15) is 0 Å². The summed E-state index contributed by atoms with van der Waals surface area (Å²) in [4.78, 5) is 0. The minimum Gasteiger partial charge on any atom is -0.396 e. The highest BCUT2D eigenvalue weighted by Crippen LogP contribution is 2.49. The van der Waals surface area contributed by atoms with E-state index in [1.165, 1.54) is 12.8 Å². The van der Waals surface area contributed by atoms with Crippen molar-refractivity contribution in [2.24, 2.45) is 5.41 Å². The van der Waals surface area contributed by atoms with Crippen LogP contribution in [0.4, 0.5) is 0 Å². The van der Waals surface area contributed by atoms with Crippen molar-refractivity contribution in [3.8, 4) is 0 Å². The van der Waals surface area contributed by atoms with E-state index in [2.05, 4.69) is 6.92 Å². The Hall–Kier alpha value is -0.0800. The van der Waals surface area contributed by atoms with Gasteiger partial charge < -0.3 is 9.84 Å². The van der Waals surface area contributed by atoms with Gasteiger partial charge in [-0.15, -0.1) is 0 Å². The molecule has 66 valence electrons. The lowest BCUT2D eigenvalue weighted by atomic mass is 10.0. The molecule has 1 fully saturated rings. The van der Waals surface area contributed by atoms with Gasteiger partial charge in [0.05, 0.1) is 6.10 Å². The van der Waals surface area contributed by atoms with Gasteiger partial charge in [0.25, 0.3) is 0 Å². The molecule has 1 atom stereocenters. The minimum absolute atomic E-state index is 0.245. The average molecular weight is 158 g/mol. The zero-order valence-corrected chi connectivity index (χ0v) is 7.47. The fourth-order valence-corrected chi connectivity index (χ4v) is 1.56. The predicted octanol–water partition coefficient (Wildman–Crippen LogP) is 1.57. The van der Waals surface area contributed by atoms with Crippen molar-refractivity contribution >= 4 is 0 Å². The molecule has 0 heterocycles. The van der Waals surface area contributed by atoms with E-state index in [1.54, 1.807) is 0 Å². The topological polar surface area (TPSA) is 29.5 Å². The van der Waals surface area contributed by atoms with Crippen molar-refractivity contribution in [2.45, 2.75) is 39.2 Å². The molecule has 0 aromatic rings. The third-order valence-corrected chi connectivity index (χ3v) is 2.46. The van der Waals surface area contributed by atoms with Crippen LogP contribution in [0.2, 0.25) is 0 Å². The number of hydrogen-bond donors (Lipinski definition) is 1. The molecule has 0 spiro atoms. The van der Waals surface area contributed by atoms with E-state index in [9.17, 15) is 0 Å². The van der Waals surface area contributed by atoms with Crippen LogP contribution in [0.1, 0.15) is 33.1 Å². The highest BCUT2D eigenvalue weighted by atomic mass is 16.5. The van der Waals surface area contributed by atoms with Crippen LogP contribution in [0, 0.1) is 5.41 Å². The minimum atomic E-state index is 0.245. The van der Waals surface area contributed by atoms with Crippen LogP contribution < -0.4 is 0 Å². The maximum Gasteiger partial charge on any atom is 0.0553 e. The van der Waals surface area contributed by atoms with Crippen LogP contribution in [-0.2, 0) is 4.74 Å². The first kappa shape index (κ1) is 9.01. The standard InChI is InChI=1S/C9H18O2/c1-3-11-8(2)6-9(7-10)4-5-9/h8,10H,3-7H2,1-2H3. The van der Waals surface area contributed by atoms with Crippen molar-refractivity contribution in [1.29, 1.82) is 0 Å². The molecule has 11 heavy (non-hydrogen) atoms. The van der Waals surface area contributed by atoms with Crippen molar-refractivity contribution in [2.75, 3.05) is 13.2 Å². The van der Waals surface area contributed by atoms with E-state index in [1.807, 2.05) is 6.92 Å². The second kappa shape index (κ2) is 3.55. The summed E-state index contributed by atoms with van der Waals surface area (Å²) >= 11 is 0. The molecule has 2 nitrogen and oxygen atoms in total. The number of hydrogen-bond acceptors (Lipinski definition) is 2. The molecule has 1 N–H and O–H groups in total. The van der Waals surface area contributed by atoms with Gasteiger partial charge in [-0.25, -0.2) is 0 Å². The quantitative estimate of drug-likeness (QED) is 0.658. The lowest BCUT2D eigenvalue weighted by Crippen LogP contribution is -2.17. The van der Waals surface area contributed by atoms with Crippen LogP contribution >= 0.6 is 0 Å². The van der Waals surface area contributed by atoms with Gasteiger partial charge >= 0.3 is 0 Å². The first-order chi connectivity index (χ1) is 5.22. The summed E-state index contributed by atoms with van der Waals surface area (Å²) in [5.74, 6) is 0. The Kier molecular flexibility index (Phi) is 2.90. The predicted molar refractivity (Wildman–Crippen MR) is 44.5 cm³/mol. The summed E-state index contributed by atoms with van der Waals surface area (Å²) in [6.07, 6.45) is 3.70. The van der Waals surface area contributed by atoms with Crippen molar-refractivity contribution < 1.29 is 9.84 Å². The van der Waals surface area contributed by atoms with Crippen LogP contribution in [-0.4, -0.2) is 24.4 Å². The van der Waals surface area contributed by atoms with E-state index in [0.29, 0.717) is 12.7 Å². The van der Waals surface area contributed by atoms with Gasteiger partial charge in [0, 0.05) is 13.2 Å². The molecular weight excluding hydrogens is 140 g/mol. The molecular formula is C9H18O2. The van der Waals surface area contributed by atoms with E-state index >= 15 is 0 Å². The third-order valence-electron chi connectivity index (χ3n) is 2.46. The van der Waals surface area contributed by atoms with Crippen LogP contribution in [0.3, 0.4) is 0 Å². The first-order valence-electron chi connectivity index (χ1n) is 4.45. The Labute approximate surface area is 68.6 Å². The summed E-state index contributed by atoms with van der Waals surface area (Å²) in [6.45, 7) is 5.21. The Morgan fingerprint density at radius 2 is 2.18 bits per heavy atom. The van der Waals surface area contributed by atoms with Crippen molar-refractivity contribution in [3.63, 3.8) is 0 Å². The molecule has 0 aromatic heterocycles. The molecule has 2 heteroatoms. The van der Waals surface area contributed by atoms with Gasteiger partial charge in [-0.1, -0.05) is 0 Å². The summed E-state index contributed by atoms with van der Waals surface area (Å²) < 4.78 is 5.41. The van der Waals surface area contributed by atoms with Gasteiger partial charge in [-0.05, 0) is 38.5 Å². The van der Waals surface area contributed by atoms with Crippen LogP contribution in [0.25, 0.3) is 0 Å². The van der Waals surface area contributed by atoms with E-state index in [4.69, 9.17) is 9.84 Å². The monoisotopic (exact) mass is 158 g/mol. The maximum absolute atomic E-state index is 9.02. The zero-order valence-electron chi connectivity index (χ0n) is 7.47. The Bertz CT molecular complexity index is 119. The van der Waals surface area contributed by atoms with E-state index < -0.39 is 0 Å². The highest BCUT2D eigenvalue weighted by Gasteiger charge is 2.42. The molecule has 0 aromatic carbocycles. The summed E-state index contributed by atoms with van der Waals surface area (Å²) in [5.41, 5.74) is 0.245. The molecule has 0 saturated heterocycles. The van der Waals surface area contributed by atoms with Crippen molar-refractivity contribution in [3.05, 3.63) is 0 Å². The van der Waals surface area contributed by atoms with Crippen LogP contribution in [0.15, 0.2) is 0 Å². The smallest absolute Gasteiger partial charge is 0.0553 e. The number of aliphatic hydroxyl groups is 1. The fraction of sp³-hybridized carbons (Fsp3) is 1.00. The maximum atomic E-state index is 9.02. The molecule has 1 rings (SSSR count). The second-order valence-electron chi connectivity index (χ2n) is 3.63. The van der Waals surface area contributed by atoms with Gasteiger partial charge in [0.2, 0.25) is 0 Å². The summed E-state index contributed by atoms with van der Waals surface area (Å²) in [6, 6.07) is 0. The molecule has 1 saturated carbocycles. The summed E-state index contributed by atoms with van der Waals surface area (Å²) in [7, 11) is 0. The van der Waals surface area contributed by atoms with Gasteiger partial charge in [0.15, 0.2) is 0 Å². The number of rotatable bonds is 5. The largest absolute Gasteiger partial charge is 0.396 e. The van der Waals surface area contributed by atoms with E-state index in [0.717, 1.165) is 13.0 Å². The van der Waals surface area contributed by atoms with Gasteiger partial charge in [-0.2, -0.15) is 0 Å². The van der Waals surface area contributed by atoms with E-state index in [-0.39, 0.29) is 5.41 Å². The lowest BCUT2D eigenvalue weighted by molar-refractivity contribution is 0.0432. The highest BCUT2D eigenvalue weighted by molar-refractivity contribution is 4.93. The molecule has 0 aliphatic heterocycles. The van der Waals surface area contributed by atoms with Crippen LogP contribution in [0.5, 0.6) is 0 Å². The molecule has 0 radical (unpaired) electrons. The molecule has 1 unspecified atom stereocenters. The average Bonchev–Trinajstić information content (AvgIpc) is 2.70. The lowest BCUT2D eigenvalue weighted by Gasteiger charge is -2.17. The Morgan fingerprint density at radius 1 is 1.55 bits per heavy atom. The Morgan fingerprint density at radius 3 is 2.55 bits per heavy atom. The molecule has 1 aliphatic carbocycles. The van der Waals surface area contributed by atoms with Crippen molar-refractivity contribution in [1.82, 2.24) is 0 Å². The SMILES string of the molecule is CCOC(C)CC1(CO)CC1. The molecule has 0 amide bonds. The number of aliphatic hydroxyl groups excluding tert-OH is 1.